The maximum Gasteiger partial charge on any atom is 0.226 e. The summed E-state index contributed by atoms with van der Waals surface area (Å²) >= 11 is 1.53. The fourth-order valence-corrected chi connectivity index (χ4v) is 5.18. The van der Waals surface area contributed by atoms with Gasteiger partial charge in [0.2, 0.25) is 11.0 Å². The van der Waals surface area contributed by atoms with Crippen LogP contribution in [0.1, 0.15) is 48.7 Å². The van der Waals surface area contributed by atoms with E-state index in [0.717, 1.165) is 50.2 Å². The first-order chi connectivity index (χ1) is 15.0. The molecule has 0 saturated heterocycles. The number of carbonyl (C=O) groups excluding carboxylic acids is 1. The van der Waals surface area contributed by atoms with E-state index in [1.807, 2.05) is 49.8 Å². The number of benzene rings is 1. The van der Waals surface area contributed by atoms with Crippen LogP contribution in [0.15, 0.2) is 24.4 Å². The molecule has 0 saturated carbocycles. The molecule has 31 heavy (non-hydrogen) atoms. The molecule has 1 aliphatic rings. The Morgan fingerprint density at radius 1 is 1.23 bits per heavy atom. The molecule has 9 heteroatoms. The van der Waals surface area contributed by atoms with Crippen LogP contribution in [0.3, 0.4) is 0 Å². The molecule has 1 N–H and O–H groups in total. The van der Waals surface area contributed by atoms with E-state index in [0.29, 0.717) is 18.8 Å². The lowest BCUT2D eigenvalue weighted by molar-refractivity contribution is -0.116. The topological polar surface area (TPSA) is 86.9 Å². The van der Waals surface area contributed by atoms with Crippen LogP contribution < -0.4 is 10.1 Å². The Bertz CT molecular complexity index is 1300. The summed E-state index contributed by atoms with van der Waals surface area (Å²) in [6.45, 7) is 9.41. The average molecular weight is 437 g/mol. The van der Waals surface area contributed by atoms with Gasteiger partial charge < -0.3 is 10.1 Å². The van der Waals surface area contributed by atoms with Gasteiger partial charge in [-0.1, -0.05) is 11.3 Å². The first-order valence-corrected chi connectivity index (χ1v) is 11.3. The van der Waals surface area contributed by atoms with Crippen molar-refractivity contribution in [3.05, 3.63) is 46.9 Å². The van der Waals surface area contributed by atoms with Crippen molar-refractivity contribution in [1.82, 2.24) is 24.5 Å². The molecule has 8 nitrogen and oxygen atoms in total. The molecule has 1 aliphatic heterocycles. The van der Waals surface area contributed by atoms with Gasteiger partial charge in [0.05, 0.1) is 28.2 Å². The molecule has 4 heterocycles. The maximum atomic E-state index is 12.7. The van der Waals surface area contributed by atoms with E-state index in [9.17, 15) is 4.79 Å². The minimum Gasteiger partial charge on any atom is -0.494 e. The number of ether oxygens (including phenoxy) is 1. The standard InChI is InChI=1S/C22H24N6O2S/c1-5-27-11-16(12(3)25-27)15-10-19(29)24-21-20(15)13(4)26-28(21)22-23-17-8-7-14(30-6-2)9-18(17)31-22/h7-9,11,15H,5-6,10H2,1-4H3,(H,24,29)/t15-/m1/s1. The number of hydrogen-bond donors (Lipinski definition) is 1. The second-order valence-electron chi connectivity index (χ2n) is 7.65. The smallest absolute Gasteiger partial charge is 0.226 e. The predicted octanol–water partition coefficient (Wildman–Crippen LogP) is 4.19. The molecular formula is C22H24N6O2S. The summed E-state index contributed by atoms with van der Waals surface area (Å²) in [6, 6.07) is 5.87. The third-order valence-electron chi connectivity index (χ3n) is 5.63. The highest BCUT2D eigenvalue weighted by atomic mass is 32.1. The number of carbonyl (C=O) groups is 1. The van der Waals surface area contributed by atoms with E-state index in [2.05, 4.69) is 17.3 Å². The number of thiazole rings is 1. The first kappa shape index (κ1) is 19.7. The van der Waals surface area contributed by atoms with Crippen LogP contribution in [0, 0.1) is 13.8 Å². The molecule has 0 radical (unpaired) electrons. The molecule has 1 aromatic carbocycles. The van der Waals surface area contributed by atoms with Gasteiger partial charge in [-0.3, -0.25) is 9.48 Å². The number of hydrogen-bond acceptors (Lipinski definition) is 6. The molecule has 4 aromatic rings. The van der Waals surface area contributed by atoms with Crippen LogP contribution >= 0.6 is 11.3 Å². The van der Waals surface area contributed by atoms with E-state index in [1.54, 1.807) is 4.68 Å². The zero-order chi connectivity index (χ0) is 21.7. The molecule has 1 atom stereocenters. The van der Waals surface area contributed by atoms with Crippen molar-refractivity contribution in [3.63, 3.8) is 0 Å². The molecule has 0 unspecified atom stereocenters. The van der Waals surface area contributed by atoms with E-state index in [1.165, 1.54) is 11.3 Å². The Labute approximate surface area is 183 Å². The van der Waals surface area contributed by atoms with Gasteiger partial charge in [0.15, 0.2) is 0 Å². The number of nitrogens with zero attached hydrogens (tertiary/aromatic N) is 5. The minimum atomic E-state index is -0.0725. The van der Waals surface area contributed by atoms with Gasteiger partial charge in [-0.25, -0.2) is 4.98 Å². The van der Waals surface area contributed by atoms with Crippen molar-refractivity contribution < 1.29 is 9.53 Å². The van der Waals surface area contributed by atoms with Crippen LogP contribution in [0.25, 0.3) is 15.3 Å². The van der Waals surface area contributed by atoms with Crippen molar-refractivity contribution in [2.24, 2.45) is 0 Å². The highest BCUT2D eigenvalue weighted by Crippen LogP contribution is 2.42. The molecule has 0 aliphatic carbocycles. The van der Waals surface area contributed by atoms with Crippen LogP contribution in [-0.4, -0.2) is 37.1 Å². The van der Waals surface area contributed by atoms with Gasteiger partial charge in [0, 0.05) is 36.2 Å². The van der Waals surface area contributed by atoms with Gasteiger partial charge in [-0.15, -0.1) is 0 Å². The molecule has 0 bridgehead atoms. The lowest BCUT2D eigenvalue weighted by Gasteiger charge is -2.23. The zero-order valence-corrected chi connectivity index (χ0v) is 18.8. The third kappa shape index (κ3) is 3.29. The van der Waals surface area contributed by atoms with Crippen LogP contribution in [0.5, 0.6) is 5.75 Å². The summed E-state index contributed by atoms with van der Waals surface area (Å²) in [6.07, 6.45) is 2.43. The first-order valence-electron chi connectivity index (χ1n) is 10.5. The van der Waals surface area contributed by atoms with Crippen LogP contribution in [-0.2, 0) is 11.3 Å². The fourth-order valence-electron chi connectivity index (χ4n) is 4.23. The van der Waals surface area contributed by atoms with E-state index in [4.69, 9.17) is 14.8 Å². The number of aromatic nitrogens is 5. The van der Waals surface area contributed by atoms with Gasteiger partial charge in [-0.2, -0.15) is 14.9 Å². The van der Waals surface area contributed by atoms with Crippen molar-refractivity contribution in [2.75, 3.05) is 11.9 Å². The van der Waals surface area contributed by atoms with Crippen molar-refractivity contribution >= 4 is 33.3 Å². The van der Waals surface area contributed by atoms with Crippen molar-refractivity contribution in [1.29, 1.82) is 0 Å². The van der Waals surface area contributed by atoms with Gasteiger partial charge in [0.1, 0.15) is 11.6 Å². The molecule has 5 rings (SSSR count). The molecule has 0 fully saturated rings. The second kappa shape index (κ2) is 7.49. The van der Waals surface area contributed by atoms with Crippen molar-refractivity contribution in [2.45, 2.75) is 46.6 Å². The monoisotopic (exact) mass is 436 g/mol. The normalized spacial score (nSPS) is 15.9. The van der Waals surface area contributed by atoms with E-state index in [-0.39, 0.29) is 11.8 Å². The molecule has 160 valence electrons. The van der Waals surface area contributed by atoms with Crippen LogP contribution in [0.4, 0.5) is 5.82 Å². The largest absolute Gasteiger partial charge is 0.494 e. The second-order valence-corrected chi connectivity index (χ2v) is 8.66. The van der Waals surface area contributed by atoms with Gasteiger partial charge in [-0.05, 0) is 45.9 Å². The van der Waals surface area contributed by atoms with E-state index < -0.39 is 0 Å². The number of nitrogens with one attached hydrogen (secondary N) is 1. The summed E-state index contributed by atoms with van der Waals surface area (Å²) in [7, 11) is 0. The lowest BCUT2D eigenvalue weighted by Crippen LogP contribution is -2.25. The maximum absolute atomic E-state index is 12.7. The van der Waals surface area contributed by atoms with Gasteiger partial charge >= 0.3 is 0 Å². The predicted molar refractivity (Wildman–Crippen MR) is 120 cm³/mol. The van der Waals surface area contributed by atoms with Crippen LogP contribution in [0.2, 0.25) is 0 Å². The Balaban J connectivity index is 1.62. The number of fused-ring (bicyclic) bond motifs is 2. The zero-order valence-electron chi connectivity index (χ0n) is 18.0. The number of amides is 1. The Hall–Kier alpha value is -3.20. The molecular weight excluding hydrogens is 412 g/mol. The average Bonchev–Trinajstić information content (AvgIpc) is 3.42. The molecule has 1 amide bonds. The fraction of sp³-hybridized carbons (Fsp3) is 0.364. The van der Waals surface area contributed by atoms with E-state index >= 15 is 0 Å². The quantitative estimate of drug-likeness (QED) is 0.507. The van der Waals surface area contributed by atoms with Gasteiger partial charge in [0.25, 0.3) is 0 Å². The number of rotatable bonds is 5. The Morgan fingerprint density at radius 3 is 2.81 bits per heavy atom. The lowest BCUT2D eigenvalue weighted by atomic mass is 9.86. The summed E-state index contributed by atoms with van der Waals surface area (Å²) in [4.78, 5) is 17.4. The Morgan fingerprint density at radius 2 is 2.06 bits per heavy atom. The third-order valence-corrected chi connectivity index (χ3v) is 6.62. The van der Waals surface area contributed by atoms with Crippen molar-refractivity contribution in [3.8, 4) is 10.9 Å². The SMILES string of the molecule is CCOc1ccc2nc(-n3nc(C)c4c3NC(=O)C[C@@H]4c3cn(CC)nc3C)sc2c1. The summed E-state index contributed by atoms with van der Waals surface area (Å²) in [5, 5.41) is 13.1. The summed E-state index contributed by atoms with van der Waals surface area (Å²) in [5.74, 6) is 1.42. The minimum absolute atomic E-state index is 0.0259. The number of aryl methyl sites for hydroxylation is 3. The highest BCUT2D eigenvalue weighted by Gasteiger charge is 2.34. The molecule has 3 aromatic heterocycles. The number of anilines is 1. The molecule has 0 spiro atoms. The highest BCUT2D eigenvalue weighted by molar-refractivity contribution is 7.20. The summed E-state index contributed by atoms with van der Waals surface area (Å²) < 4.78 is 10.3. The Kier molecular flexibility index (Phi) is 4.77. The summed E-state index contributed by atoms with van der Waals surface area (Å²) in [5.41, 5.74) is 4.82.